The van der Waals surface area contributed by atoms with E-state index in [1.807, 2.05) is 5.38 Å². The van der Waals surface area contributed by atoms with Crippen LogP contribution in [0.3, 0.4) is 0 Å². The zero-order valence-corrected chi connectivity index (χ0v) is 19.6. The molecule has 10 heteroatoms. The lowest BCUT2D eigenvalue weighted by Gasteiger charge is -2.27. The van der Waals surface area contributed by atoms with Gasteiger partial charge in [-0.2, -0.15) is 0 Å². The molecule has 2 aromatic rings. The van der Waals surface area contributed by atoms with Crippen molar-refractivity contribution < 1.29 is 19.1 Å². The predicted octanol–water partition coefficient (Wildman–Crippen LogP) is 4.70. The van der Waals surface area contributed by atoms with Gasteiger partial charge >= 0.3 is 11.9 Å². The highest BCUT2D eigenvalue weighted by atomic mass is 35.5. The zero-order valence-electron chi connectivity index (χ0n) is 17.3. The number of benzene rings is 1. The monoisotopic (exact) mass is 481 g/mol. The third-order valence-electron chi connectivity index (χ3n) is 4.32. The Balaban J connectivity index is 1.97. The maximum Gasteiger partial charge on any atom is 0.347 e. The Morgan fingerprint density at radius 2 is 1.94 bits per heavy atom. The van der Waals surface area contributed by atoms with Gasteiger partial charge in [0.1, 0.15) is 6.04 Å². The standard InChI is InChI=1S/C21H21Cl2N3O4S/c1-10(2)29-20(27)12(4)30-21(28)16-11(3)25-18(19-24-7-8-31-19)26-17(16)14-6-5-13(22)9-15(14)23/h5-10,12,17H,1-4H3,(H,25,26). The summed E-state index contributed by atoms with van der Waals surface area (Å²) in [5, 5.41) is 6.41. The number of thiazole rings is 1. The van der Waals surface area contributed by atoms with Crippen LogP contribution >= 0.6 is 34.5 Å². The lowest BCUT2D eigenvalue weighted by molar-refractivity contribution is -0.167. The lowest BCUT2D eigenvalue weighted by Crippen LogP contribution is -2.35. The minimum atomic E-state index is -1.08. The second-order valence-electron chi connectivity index (χ2n) is 7.08. The van der Waals surface area contributed by atoms with Crippen molar-refractivity contribution in [1.82, 2.24) is 10.3 Å². The van der Waals surface area contributed by atoms with Crippen LogP contribution in [0.15, 0.2) is 46.0 Å². The highest BCUT2D eigenvalue weighted by Gasteiger charge is 2.34. The van der Waals surface area contributed by atoms with E-state index in [-0.39, 0.29) is 11.7 Å². The smallest absolute Gasteiger partial charge is 0.347 e. The maximum atomic E-state index is 13.1. The van der Waals surface area contributed by atoms with E-state index < -0.39 is 24.1 Å². The Morgan fingerprint density at radius 3 is 2.55 bits per heavy atom. The molecule has 0 radical (unpaired) electrons. The van der Waals surface area contributed by atoms with Crippen LogP contribution in [0.5, 0.6) is 0 Å². The summed E-state index contributed by atoms with van der Waals surface area (Å²) in [6.07, 6.45) is 0.261. The Morgan fingerprint density at radius 1 is 1.19 bits per heavy atom. The highest BCUT2D eigenvalue weighted by molar-refractivity contribution is 7.11. The molecule has 0 aliphatic carbocycles. The van der Waals surface area contributed by atoms with Crippen LogP contribution < -0.4 is 5.32 Å². The summed E-state index contributed by atoms with van der Waals surface area (Å²) in [6.45, 7) is 6.63. The van der Waals surface area contributed by atoms with Crippen LogP contribution in [0, 0.1) is 0 Å². The fourth-order valence-corrected chi connectivity index (χ4v) is 4.04. The molecule has 1 aliphatic rings. The first-order valence-corrected chi connectivity index (χ1v) is 11.1. The van der Waals surface area contributed by atoms with Crippen LogP contribution in [0.1, 0.15) is 44.3 Å². The van der Waals surface area contributed by atoms with E-state index in [1.54, 1.807) is 45.2 Å². The van der Waals surface area contributed by atoms with E-state index in [1.165, 1.54) is 18.3 Å². The average molecular weight is 482 g/mol. The van der Waals surface area contributed by atoms with Gasteiger partial charge in [0.25, 0.3) is 0 Å². The predicted molar refractivity (Wildman–Crippen MR) is 120 cm³/mol. The molecule has 2 unspecified atom stereocenters. The number of esters is 2. The van der Waals surface area contributed by atoms with Crippen molar-refractivity contribution in [3.05, 3.63) is 61.7 Å². The first-order chi connectivity index (χ1) is 14.7. The fraction of sp³-hybridized carbons (Fsp3) is 0.333. The van der Waals surface area contributed by atoms with Crippen LogP contribution in [0.25, 0.3) is 0 Å². The van der Waals surface area contributed by atoms with E-state index >= 15 is 0 Å². The summed E-state index contributed by atoms with van der Waals surface area (Å²) in [7, 11) is 0. The minimum Gasteiger partial charge on any atom is -0.460 e. The number of carbonyl (C=O) groups is 2. The van der Waals surface area contributed by atoms with Gasteiger partial charge in [-0.1, -0.05) is 29.3 Å². The van der Waals surface area contributed by atoms with Gasteiger partial charge in [-0.15, -0.1) is 11.3 Å². The molecule has 31 heavy (non-hydrogen) atoms. The van der Waals surface area contributed by atoms with E-state index in [4.69, 9.17) is 32.7 Å². The number of nitrogens with one attached hydrogen (secondary N) is 1. The summed E-state index contributed by atoms with van der Waals surface area (Å²) in [4.78, 5) is 34.2. The minimum absolute atomic E-state index is 0.230. The molecule has 164 valence electrons. The number of allylic oxidation sites excluding steroid dienone is 1. The number of rotatable bonds is 6. The van der Waals surface area contributed by atoms with Gasteiger partial charge in [0.2, 0.25) is 0 Å². The Labute approximate surface area is 194 Å². The van der Waals surface area contributed by atoms with E-state index in [9.17, 15) is 9.59 Å². The molecule has 0 fully saturated rings. The average Bonchev–Trinajstić information content (AvgIpc) is 3.21. The molecule has 1 aromatic heterocycles. The quantitative estimate of drug-likeness (QED) is 0.601. The number of carbonyl (C=O) groups excluding carboxylic acids is 2. The van der Waals surface area contributed by atoms with Gasteiger partial charge in [-0.3, -0.25) is 4.99 Å². The summed E-state index contributed by atoms with van der Waals surface area (Å²) >= 11 is 13.9. The van der Waals surface area contributed by atoms with Crippen molar-refractivity contribution in [3.8, 4) is 0 Å². The number of amidine groups is 1. The van der Waals surface area contributed by atoms with Gasteiger partial charge < -0.3 is 14.8 Å². The first-order valence-electron chi connectivity index (χ1n) is 9.49. The van der Waals surface area contributed by atoms with Crippen molar-refractivity contribution in [1.29, 1.82) is 0 Å². The van der Waals surface area contributed by atoms with Gasteiger partial charge in [0.15, 0.2) is 16.9 Å². The molecule has 0 amide bonds. The second kappa shape index (κ2) is 9.80. The molecule has 2 heterocycles. The number of ether oxygens (including phenoxy) is 2. The number of nitrogens with zero attached hydrogens (tertiary/aromatic N) is 2. The summed E-state index contributed by atoms with van der Waals surface area (Å²) in [6, 6.07) is 4.19. The molecular formula is C21H21Cl2N3O4S. The first kappa shape index (κ1) is 23.2. The zero-order chi connectivity index (χ0) is 22.7. The summed E-state index contributed by atoms with van der Waals surface area (Å²) in [5.74, 6) is -0.818. The SMILES string of the molecule is CC1=C(C(=O)OC(C)C(=O)OC(C)C)C(c2ccc(Cl)cc2Cl)N=C(c2nccs2)N1. The third kappa shape index (κ3) is 5.44. The largest absolute Gasteiger partial charge is 0.460 e. The molecule has 0 saturated heterocycles. The topological polar surface area (TPSA) is 89.9 Å². The Bertz CT molecular complexity index is 1050. The number of hydrogen-bond acceptors (Lipinski definition) is 8. The van der Waals surface area contributed by atoms with Crippen LogP contribution in [-0.2, 0) is 19.1 Å². The van der Waals surface area contributed by atoms with Crippen LogP contribution in [0.4, 0.5) is 0 Å². The second-order valence-corrected chi connectivity index (χ2v) is 8.82. The molecule has 0 saturated carbocycles. The van der Waals surface area contributed by atoms with E-state index in [0.29, 0.717) is 32.1 Å². The summed E-state index contributed by atoms with van der Waals surface area (Å²) in [5.41, 5.74) is 1.32. The molecule has 7 nitrogen and oxygen atoms in total. The van der Waals surface area contributed by atoms with Crippen molar-refractivity contribution in [3.63, 3.8) is 0 Å². The third-order valence-corrected chi connectivity index (χ3v) is 5.66. The van der Waals surface area contributed by atoms with E-state index in [2.05, 4.69) is 15.3 Å². The summed E-state index contributed by atoms with van der Waals surface area (Å²) < 4.78 is 10.5. The number of hydrogen-bond donors (Lipinski definition) is 1. The van der Waals surface area contributed by atoms with E-state index in [0.717, 1.165) is 0 Å². The number of aromatic nitrogens is 1. The van der Waals surface area contributed by atoms with Gasteiger partial charge in [-0.25, -0.2) is 14.6 Å². The maximum absolute atomic E-state index is 13.1. The van der Waals surface area contributed by atoms with Gasteiger partial charge in [-0.05, 0) is 39.8 Å². The van der Waals surface area contributed by atoms with Crippen LogP contribution in [0.2, 0.25) is 10.0 Å². The molecule has 2 atom stereocenters. The number of aliphatic imine (C=N–C) groups is 1. The fourth-order valence-electron chi connectivity index (χ4n) is 2.94. The van der Waals surface area contributed by atoms with Crippen molar-refractivity contribution in [2.45, 2.75) is 45.9 Å². The van der Waals surface area contributed by atoms with Crippen LogP contribution in [-0.4, -0.2) is 35.0 Å². The van der Waals surface area contributed by atoms with Gasteiger partial charge in [0, 0.05) is 32.9 Å². The normalized spacial score (nSPS) is 17.1. The molecule has 1 aromatic carbocycles. The Kier molecular flexibility index (Phi) is 7.35. The lowest BCUT2D eigenvalue weighted by atomic mass is 9.96. The molecule has 3 rings (SSSR count). The molecule has 0 spiro atoms. The molecule has 1 aliphatic heterocycles. The van der Waals surface area contributed by atoms with Crippen molar-refractivity contribution >= 4 is 52.3 Å². The molecule has 0 bridgehead atoms. The van der Waals surface area contributed by atoms with Crippen molar-refractivity contribution in [2.75, 3.05) is 0 Å². The van der Waals surface area contributed by atoms with Crippen molar-refractivity contribution in [2.24, 2.45) is 4.99 Å². The molecular weight excluding hydrogens is 461 g/mol. The highest BCUT2D eigenvalue weighted by Crippen LogP contribution is 2.37. The Hall–Kier alpha value is -2.42. The molecule has 1 N–H and O–H groups in total. The van der Waals surface area contributed by atoms with Gasteiger partial charge in [0.05, 0.1) is 11.7 Å². The number of halogens is 2.